The highest BCUT2D eigenvalue weighted by Crippen LogP contribution is 2.47. The summed E-state index contributed by atoms with van der Waals surface area (Å²) in [4.78, 5) is 20.4. The summed E-state index contributed by atoms with van der Waals surface area (Å²) in [5.74, 6) is 2.46. The van der Waals surface area contributed by atoms with Crippen LogP contribution in [0.15, 0.2) is 186 Å². The van der Waals surface area contributed by atoms with E-state index in [0.717, 1.165) is 66.4 Å². The summed E-state index contributed by atoms with van der Waals surface area (Å²) in [6, 6.07) is 62.7. The van der Waals surface area contributed by atoms with E-state index in [1.165, 1.54) is 20.2 Å². The van der Waals surface area contributed by atoms with E-state index in [4.69, 9.17) is 24.4 Å². The van der Waals surface area contributed by atoms with Crippen molar-refractivity contribution in [3.63, 3.8) is 0 Å². The van der Waals surface area contributed by atoms with Crippen molar-refractivity contribution in [1.82, 2.24) is 19.9 Å². The normalized spacial score (nSPS) is 11.6. The number of benzene rings is 8. The lowest BCUT2D eigenvalue weighted by Gasteiger charge is -2.13. The summed E-state index contributed by atoms with van der Waals surface area (Å²) >= 11 is 1.79. The highest BCUT2D eigenvalue weighted by molar-refractivity contribution is 7.26. The van der Waals surface area contributed by atoms with Gasteiger partial charge in [-0.25, -0.2) is 19.9 Å². The van der Waals surface area contributed by atoms with Gasteiger partial charge in [0.25, 0.3) is 0 Å². The number of rotatable bonds is 6. The van der Waals surface area contributed by atoms with Gasteiger partial charge in [-0.3, -0.25) is 0 Å². The minimum absolute atomic E-state index is 0.604. The van der Waals surface area contributed by atoms with Gasteiger partial charge in [-0.2, -0.15) is 0 Å². The summed E-state index contributed by atoms with van der Waals surface area (Å²) in [5, 5.41) is 4.47. The standard InChI is InChI=1S/C50H30N4OS/c1-4-14-31(15-5-1)32-26-28-34(29-27-32)48-52-47(33-16-6-2-7-17-33)53-49(54-48)39-24-13-21-36-37(39)22-12-23-38(36)45-44-40-20-10-11-25-42(40)56-43(44)30-41-46(45)55-50(51-41)35-18-8-3-9-19-35/h1-30H. The third-order valence-corrected chi connectivity index (χ3v) is 11.5. The van der Waals surface area contributed by atoms with Gasteiger partial charge < -0.3 is 4.42 Å². The Labute approximate surface area is 326 Å². The first kappa shape index (κ1) is 32.2. The van der Waals surface area contributed by atoms with Crippen LogP contribution < -0.4 is 0 Å². The number of aromatic nitrogens is 4. The predicted molar refractivity (Wildman–Crippen MR) is 230 cm³/mol. The summed E-state index contributed by atoms with van der Waals surface area (Å²) < 4.78 is 9.15. The van der Waals surface area contributed by atoms with Gasteiger partial charge in [0.15, 0.2) is 23.1 Å². The van der Waals surface area contributed by atoms with Gasteiger partial charge in [0, 0.05) is 48.0 Å². The van der Waals surface area contributed by atoms with Crippen LogP contribution >= 0.6 is 11.3 Å². The lowest BCUT2D eigenvalue weighted by molar-refractivity contribution is 0.621. The van der Waals surface area contributed by atoms with Gasteiger partial charge >= 0.3 is 0 Å². The molecule has 3 aromatic heterocycles. The smallest absolute Gasteiger partial charge is 0.227 e. The molecule has 0 amide bonds. The van der Waals surface area contributed by atoms with Crippen molar-refractivity contribution in [2.75, 3.05) is 0 Å². The van der Waals surface area contributed by atoms with Crippen molar-refractivity contribution >= 4 is 53.4 Å². The highest BCUT2D eigenvalue weighted by Gasteiger charge is 2.23. The fourth-order valence-corrected chi connectivity index (χ4v) is 8.89. The van der Waals surface area contributed by atoms with Gasteiger partial charge in [0.2, 0.25) is 5.89 Å². The van der Waals surface area contributed by atoms with Crippen LogP contribution in [0.5, 0.6) is 0 Å². The first-order valence-corrected chi connectivity index (χ1v) is 19.4. The van der Waals surface area contributed by atoms with Crippen LogP contribution in [0.4, 0.5) is 0 Å². The van der Waals surface area contributed by atoms with E-state index in [1.807, 2.05) is 66.7 Å². The highest BCUT2D eigenvalue weighted by atomic mass is 32.1. The molecular weight excluding hydrogens is 705 g/mol. The number of hydrogen-bond acceptors (Lipinski definition) is 6. The first-order valence-electron chi connectivity index (χ1n) is 18.6. The molecule has 56 heavy (non-hydrogen) atoms. The molecule has 8 aromatic carbocycles. The molecule has 5 nitrogen and oxygen atoms in total. The second-order valence-electron chi connectivity index (χ2n) is 13.8. The lowest BCUT2D eigenvalue weighted by atomic mass is 9.92. The minimum atomic E-state index is 0.604. The van der Waals surface area contributed by atoms with Crippen molar-refractivity contribution in [1.29, 1.82) is 0 Å². The van der Waals surface area contributed by atoms with Gasteiger partial charge in [-0.1, -0.05) is 158 Å². The number of oxazole rings is 1. The van der Waals surface area contributed by atoms with Crippen molar-refractivity contribution < 1.29 is 4.42 Å². The van der Waals surface area contributed by atoms with Gasteiger partial charge in [0.05, 0.1) is 0 Å². The summed E-state index contributed by atoms with van der Waals surface area (Å²) in [7, 11) is 0. The van der Waals surface area contributed by atoms with Crippen LogP contribution in [0.3, 0.4) is 0 Å². The molecule has 0 radical (unpaired) electrons. The maximum absolute atomic E-state index is 6.76. The van der Waals surface area contributed by atoms with Crippen molar-refractivity contribution in [3.8, 4) is 67.9 Å². The van der Waals surface area contributed by atoms with E-state index in [0.29, 0.717) is 23.4 Å². The summed E-state index contributed by atoms with van der Waals surface area (Å²) in [5.41, 5.74) is 9.71. The summed E-state index contributed by atoms with van der Waals surface area (Å²) in [6.07, 6.45) is 0. The van der Waals surface area contributed by atoms with Crippen LogP contribution in [0.25, 0.3) is 110 Å². The monoisotopic (exact) mass is 734 g/mol. The average molecular weight is 735 g/mol. The maximum atomic E-state index is 6.76. The van der Waals surface area contributed by atoms with Crippen molar-refractivity contribution in [2.45, 2.75) is 0 Å². The SMILES string of the molecule is c1ccc(-c2ccc(-c3nc(-c4ccccc4)nc(-c4cccc5c(-c6c7oc(-c8ccccc8)nc7cc7sc8ccccc8c67)cccc45)n3)cc2)cc1. The second kappa shape index (κ2) is 13.2. The molecule has 0 atom stereocenters. The van der Waals surface area contributed by atoms with E-state index < -0.39 is 0 Å². The molecule has 0 saturated carbocycles. The Morgan fingerprint density at radius 3 is 1.61 bits per heavy atom. The van der Waals surface area contributed by atoms with Gasteiger partial charge in [0.1, 0.15) is 5.52 Å². The third-order valence-electron chi connectivity index (χ3n) is 10.4. The van der Waals surface area contributed by atoms with E-state index >= 15 is 0 Å². The number of nitrogens with zero attached hydrogens (tertiary/aromatic N) is 4. The van der Waals surface area contributed by atoms with Crippen LogP contribution in [-0.4, -0.2) is 19.9 Å². The molecule has 0 aliphatic heterocycles. The molecule has 0 N–H and O–H groups in total. The molecule has 0 fully saturated rings. The molecule has 0 spiro atoms. The Kier molecular flexibility index (Phi) is 7.60. The fourth-order valence-electron chi connectivity index (χ4n) is 7.74. The topological polar surface area (TPSA) is 64.7 Å². The molecule has 11 aromatic rings. The Balaban J connectivity index is 1.13. The maximum Gasteiger partial charge on any atom is 0.227 e. The minimum Gasteiger partial charge on any atom is -0.435 e. The molecule has 262 valence electrons. The Morgan fingerprint density at radius 1 is 0.375 bits per heavy atom. The Hall–Kier alpha value is -7.28. The molecule has 0 bridgehead atoms. The zero-order valence-electron chi connectivity index (χ0n) is 29.9. The predicted octanol–water partition coefficient (Wildman–Crippen LogP) is 13.5. The van der Waals surface area contributed by atoms with E-state index in [9.17, 15) is 0 Å². The van der Waals surface area contributed by atoms with Crippen LogP contribution in [-0.2, 0) is 0 Å². The third kappa shape index (κ3) is 5.46. The zero-order valence-corrected chi connectivity index (χ0v) is 30.7. The van der Waals surface area contributed by atoms with Gasteiger partial charge in [-0.15, -0.1) is 11.3 Å². The number of hydrogen-bond donors (Lipinski definition) is 0. The van der Waals surface area contributed by atoms with E-state index in [-0.39, 0.29) is 0 Å². The van der Waals surface area contributed by atoms with Gasteiger partial charge in [-0.05, 0) is 51.7 Å². The van der Waals surface area contributed by atoms with Crippen molar-refractivity contribution in [3.05, 3.63) is 182 Å². The fraction of sp³-hybridized carbons (Fsp3) is 0. The molecule has 0 unspecified atom stereocenters. The molecule has 11 rings (SSSR count). The van der Waals surface area contributed by atoms with E-state index in [2.05, 4.69) is 115 Å². The molecule has 0 aliphatic carbocycles. The molecule has 0 aliphatic rings. The lowest BCUT2D eigenvalue weighted by Crippen LogP contribution is -2.00. The second-order valence-corrected chi connectivity index (χ2v) is 14.9. The zero-order chi connectivity index (χ0) is 37.0. The molecular formula is C50H30N4OS. The number of fused-ring (bicyclic) bond motifs is 5. The van der Waals surface area contributed by atoms with Crippen LogP contribution in [0.2, 0.25) is 0 Å². The molecule has 3 heterocycles. The average Bonchev–Trinajstić information content (AvgIpc) is 3.87. The van der Waals surface area contributed by atoms with E-state index in [1.54, 1.807) is 11.3 Å². The Bertz CT molecular complexity index is 3230. The number of thiophene rings is 1. The largest absolute Gasteiger partial charge is 0.435 e. The van der Waals surface area contributed by atoms with Crippen LogP contribution in [0.1, 0.15) is 0 Å². The molecule has 6 heteroatoms. The van der Waals surface area contributed by atoms with Crippen LogP contribution in [0, 0.1) is 0 Å². The quantitative estimate of drug-likeness (QED) is 0.170. The molecule has 0 saturated heterocycles. The summed E-state index contributed by atoms with van der Waals surface area (Å²) in [6.45, 7) is 0. The first-order chi connectivity index (χ1) is 27.7. The van der Waals surface area contributed by atoms with Crippen molar-refractivity contribution in [2.24, 2.45) is 0 Å². The Morgan fingerprint density at radius 2 is 0.893 bits per heavy atom.